The van der Waals surface area contributed by atoms with Gasteiger partial charge in [0.2, 0.25) is 0 Å². The third-order valence-electron chi connectivity index (χ3n) is 3.07. The molecule has 0 unspecified atom stereocenters. The summed E-state index contributed by atoms with van der Waals surface area (Å²) >= 11 is 3.26. The molecule has 114 valence electrons. The summed E-state index contributed by atoms with van der Waals surface area (Å²) in [5, 5.41) is 4.11. The Morgan fingerprint density at radius 1 is 1.48 bits per heavy atom. The number of piperidine rings is 1. The fourth-order valence-corrected chi connectivity index (χ4v) is 2.31. The Kier molecular flexibility index (Phi) is 5.38. The minimum absolute atomic E-state index is 0.291. The number of nitrogens with one attached hydrogen (secondary N) is 2. The number of rotatable bonds is 3. The van der Waals surface area contributed by atoms with E-state index in [-0.39, 0.29) is 12.0 Å². The van der Waals surface area contributed by atoms with E-state index in [2.05, 4.69) is 31.4 Å². The number of amides is 2. The third-order valence-corrected chi connectivity index (χ3v) is 3.53. The Balaban J connectivity index is 1.82. The molecule has 1 aliphatic heterocycles. The molecule has 2 N–H and O–H groups in total. The summed E-state index contributed by atoms with van der Waals surface area (Å²) in [4.78, 5) is 27.8. The van der Waals surface area contributed by atoms with Crippen LogP contribution in [0.4, 0.5) is 4.79 Å². The second-order valence-electron chi connectivity index (χ2n) is 4.54. The molecule has 0 bridgehead atoms. The average molecular weight is 357 g/mol. The van der Waals surface area contributed by atoms with Crippen molar-refractivity contribution < 1.29 is 14.3 Å². The van der Waals surface area contributed by atoms with Crippen molar-refractivity contribution in [1.29, 1.82) is 0 Å². The summed E-state index contributed by atoms with van der Waals surface area (Å²) in [6.45, 7) is 3.27. The summed E-state index contributed by atoms with van der Waals surface area (Å²) in [6.07, 6.45) is 2.65. The molecule has 1 fully saturated rings. The quantitative estimate of drug-likeness (QED) is 0.813. The van der Waals surface area contributed by atoms with Crippen LogP contribution in [0.25, 0.3) is 0 Å². The van der Waals surface area contributed by atoms with Gasteiger partial charge < -0.3 is 14.6 Å². The van der Waals surface area contributed by atoms with Crippen LogP contribution in [-0.2, 0) is 4.74 Å². The van der Waals surface area contributed by atoms with Crippen molar-refractivity contribution >= 4 is 33.6 Å². The van der Waals surface area contributed by atoms with Crippen molar-refractivity contribution in [2.45, 2.75) is 19.8 Å². The smallest absolute Gasteiger partial charge is 0.409 e. The van der Waals surface area contributed by atoms with Crippen LogP contribution >= 0.6 is 15.9 Å². The standard InChI is InChI=1S/C13H17BrN4O3/c1-2-21-13(20)18-5-3-10(4-6-18)16-17-12(19)11-7-9(14)8-15-11/h7-8,15H,2-6H2,1H3,(H,17,19). The first-order chi connectivity index (χ1) is 10.1. The number of nitrogens with zero attached hydrogens (tertiary/aromatic N) is 2. The van der Waals surface area contributed by atoms with Gasteiger partial charge in [0.1, 0.15) is 5.69 Å². The maximum absolute atomic E-state index is 11.8. The molecule has 1 aliphatic rings. The predicted octanol–water partition coefficient (Wildman–Crippen LogP) is 2.12. The van der Waals surface area contributed by atoms with Crippen molar-refractivity contribution in [3.8, 4) is 0 Å². The van der Waals surface area contributed by atoms with E-state index in [0.29, 0.717) is 38.2 Å². The number of likely N-dealkylation sites (tertiary alicyclic amines) is 1. The first-order valence-corrected chi connectivity index (χ1v) is 7.51. The predicted molar refractivity (Wildman–Crippen MR) is 81.2 cm³/mol. The van der Waals surface area contributed by atoms with Crippen molar-refractivity contribution in [2.75, 3.05) is 19.7 Å². The van der Waals surface area contributed by atoms with Crippen LogP contribution in [0.15, 0.2) is 21.8 Å². The number of halogens is 1. The summed E-state index contributed by atoms with van der Waals surface area (Å²) in [5.74, 6) is -0.291. The lowest BCUT2D eigenvalue weighted by molar-refractivity contribution is 0.0947. The lowest BCUT2D eigenvalue weighted by Gasteiger charge is -2.26. The normalized spacial score (nSPS) is 14.8. The molecule has 0 aromatic carbocycles. The van der Waals surface area contributed by atoms with Gasteiger partial charge in [-0.2, -0.15) is 5.10 Å². The Morgan fingerprint density at radius 3 is 2.76 bits per heavy atom. The van der Waals surface area contributed by atoms with Crippen molar-refractivity contribution in [1.82, 2.24) is 15.3 Å². The topological polar surface area (TPSA) is 86.8 Å². The highest BCUT2D eigenvalue weighted by molar-refractivity contribution is 9.10. The molecule has 0 saturated carbocycles. The fraction of sp³-hybridized carbons (Fsp3) is 0.462. The molecular weight excluding hydrogens is 340 g/mol. The number of hydrogen-bond acceptors (Lipinski definition) is 4. The highest BCUT2D eigenvalue weighted by Gasteiger charge is 2.20. The van der Waals surface area contributed by atoms with Gasteiger partial charge in [0.05, 0.1) is 6.61 Å². The van der Waals surface area contributed by atoms with E-state index in [9.17, 15) is 9.59 Å². The molecule has 1 aromatic rings. The van der Waals surface area contributed by atoms with Gasteiger partial charge in [-0.05, 0) is 28.9 Å². The molecule has 0 radical (unpaired) electrons. The minimum atomic E-state index is -0.295. The zero-order valence-corrected chi connectivity index (χ0v) is 13.3. The zero-order chi connectivity index (χ0) is 15.2. The molecular formula is C13H17BrN4O3. The zero-order valence-electron chi connectivity index (χ0n) is 11.7. The molecule has 0 atom stereocenters. The highest BCUT2D eigenvalue weighted by Crippen LogP contribution is 2.11. The van der Waals surface area contributed by atoms with Gasteiger partial charge in [0.25, 0.3) is 5.91 Å². The minimum Gasteiger partial charge on any atom is -0.450 e. The lowest BCUT2D eigenvalue weighted by Crippen LogP contribution is -2.39. The van der Waals surface area contributed by atoms with Crippen LogP contribution in [0.2, 0.25) is 0 Å². The Morgan fingerprint density at radius 2 is 2.19 bits per heavy atom. The Labute approximate surface area is 130 Å². The fourth-order valence-electron chi connectivity index (χ4n) is 1.96. The van der Waals surface area contributed by atoms with E-state index >= 15 is 0 Å². The second kappa shape index (κ2) is 7.26. The third kappa shape index (κ3) is 4.32. The summed E-state index contributed by atoms with van der Waals surface area (Å²) < 4.78 is 5.75. The highest BCUT2D eigenvalue weighted by atomic mass is 79.9. The van der Waals surface area contributed by atoms with Crippen LogP contribution in [0, 0.1) is 0 Å². The number of hydrogen-bond donors (Lipinski definition) is 2. The SMILES string of the molecule is CCOC(=O)N1CCC(=NNC(=O)c2cc(Br)c[nH]2)CC1. The summed E-state index contributed by atoms with van der Waals surface area (Å²) in [7, 11) is 0. The number of ether oxygens (including phenoxy) is 1. The van der Waals surface area contributed by atoms with Crippen LogP contribution < -0.4 is 5.43 Å². The molecule has 1 saturated heterocycles. The molecule has 1 aromatic heterocycles. The van der Waals surface area contributed by atoms with E-state index in [0.717, 1.165) is 10.2 Å². The number of aromatic nitrogens is 1. The van der Waals surface area contributed by atoms with Crippen molar-refractivity contribution in [3.63, 3.8) is 0 Å². The first-order valence-electron chi connectivity index (χ1n) is 6.71. The van der Waals surface area contributed by atoms with E-state index in [1.807, 2.05) is 0 Å². The Hall–Kier alpha value is -1.83. The molecule has 8 heteroatoms. The Bertz CT molecular complexity index is 545. The van der Waals surface area contributed by atoms with Gasteiger partial charge >= 0.3 is 6.09 Å². The van der Waals surface area contributed by atoms with Gasteiger partial charge in [-0.25, -0.2) is 10.2 Å². The van der Waals surface area contributed by atoms with Crippen LogP contribution in [-0.4, -0.2) is 47.3 Å². The number of carbonyl (C=O) groups is 2. The second-order valence-corrected chi connectivity index (χ2v) is 5.45. The average Bonchev–Trinajstić information content (AvgIpc) is 2.92. The number of carbonyl (C=O) groups excluding carboxylic acids is 2. The first kappa shape index (κ1) is 15.6. The lowest BCUT2D eigenvalue weighted by atomic mass is 10.1. The van der Waals surface area contributed by atoms with Gasteiger partial charge in [0.15, 0.2) is 0 Å². The molecule has 2 amide bonds. The molecule has 7 nitrogen and oxygen atoms in total. The molecule has 21 heavy (non-hydrogen) atoms. The molecule has 2 rings (SSSR count). The molecule has 0 aliphatic carbocycles. The number of H-pyrrole nitrogens is 1. The van der Waals surface area contributed by atoms with E-state index in [4.69, 9.17) is 4.74 Å². The maximum Gasteiger partial charge on any atom is 0.409 e. The monoisotopic (exact) mass is 356 g/mol. The van der Waals surface area contributed by atoms with Gasteiger partial charge in [-0.3, -0.25) is 4.79 Å². The summed E-state index contributed by atoms with van der Waals surface area (Å²) in [5.41, 5.74) is 3.82. The number of aromatic amines is 1. The van der Waals surface area contributed by atoms with Gasteiger partial charge in [-0.1, -0.05) is 0 Å². The van der Waals surface area contributed by atoms with Crippen LogP contribution in [0.1, 0.15) is 30.3 Å². The van der Waals surface area contributed by atoms with Gasteiger partial charge in [-0.15, -0.1) is 0 Å². The van der Waals surface area contributed by atoms with Crippen molar-refractivity contribution in [3.05, 3.63) is 22.4 Å². The summed E-state index contributed by atoms with van der Waals surface area (Å²) in [6, 6.07) is 1.68. The maximum atomic E-state index is 11.8. The van der Waals surface area contributed by atoms with Gasteiger partial charge in [0, 0.05) is 42.3 Å². The van der Waals surface area contributed by atoms with Crippen LogP contribution in [0.5, 0.6) is 0 Å². The van der Waals surface area contributed by atoms with E-state index in [1.165, 1.54) is 0 Å². The van der Waals surface area contributed by atoms with Crippen molar-refractivity contribution in [2.24, 2.45) is 5.10 Å². The largest absolute Gasteiger partial charge is 0.450 e. The molecule has 0 spiro atoms. The van der Waals surface area contributed by atoms with E-state index < -0.39 is 0 Å². The van der Waals surface area contributed by atoms with Crippen LogP contribution in [0.3, 0.4) is 0 Å². The number of hydrazone groups is 1. The van der Waals surface area contributed by atoms with E-state index in [1.54, 1.807) is 24.1 Å². The molecule has 2 heterocycles.